The zero-order chi connectivity index (χ0) is 17.5. The monoisotopic (exact) mass is 503 g/mol. The molecule has 0 fully saturated rings. The first-order valence-electron chi connectivity index (χ1n) is 6.87. The fraction of sp³-hybridized carbons (Fsp3) is 0.125. The van der Waals surface area contributed by atoms with Crippen molar-refractivity contribution in [3.63, 3.8) is 0 Å². The van der Waals surface area contributed by atoms with E-state index in [1.807, 2.05) is 24.3 Å². The first kappa shape index (κ1) is 18.5. The number of benzene rings is 2. The molecule has 0 unspecified atom stereocenters. The minimum atomic E-state index is -0.269. The van der Waals surface area contributed by atoms with Crippen LogP contribution in [0.5, 0.6) is 11.5 Å². The Balaban J connectivity index is 1.88. The second kappa shape index (κ2) is 8.88. The number of carbonyl (C=O) groups is 1. The average Bonchev–Trinajstić information content (AvgIpc) is 2.57. The highest BCUT2D eigenvalue weighted by Crippen LogP contribution is 2.34. The molecule has 126 valence electrons. The van der Waals surface area contributed by atoms with Gasteiger partial charge in [0.2, 0.25) is 0 Å². The number of halogens is 2. The first-order valence-corrected chi connectivity index (χ1v) is 8.74. The summed E-state index contributed by atoms with van der Waals surface area (Å²) < 4.78 is 6.66. The molecule has 2 aromatic carbocycles. The second-order valence-corrected chi connectivity index (χ2v) is 6.81. The molecule has 24 heavy (non-hydrogen) atoms. The number of amides is 1. The van der Waals surface area contributed by atoms with Gasteiger partial charge < -0.3 is 15.2 Å². The highest BCUT2D eigenvalue weighted by atomic mass is 127. The van der Waals surface area contributed by atoms with Gasteiger partial charge in [0.05, 0.1) is 24.3 Å². The summed E-state index contributed by atoms with van der Waals surface area (Å²) in [5.74, 6) is 0.0625. The van der Waals surface area contributed by atoms with Gasteiger partial charge in [-0.2, -0.15) is 5.10 Å². The van der Waals surface area contributed by atoms with Gasteiger partial charge in [-0.15, -0.1) is 0 Å². The number of ether oxygens (including phenoxy) is 1. The van der Waals surface area contributed by atoms with Crippen molar-refractivity contribution >= 4 is 56.3 Å². The molecule has 8 heteroatoms. The molecule has 0 atom stereocenters. The van der Waals surface area contributed by atoms with Gasteiger partial charge in [0.1, 0.15) is 0 Å². The van der Waals surface area contributed by atoms with Crippen LogP contribution in [0.25, 0.3) is 0 Å². The SMILES string of the molecule is COc1cc(/C=N\NC(=O)CNc2ccc(I)cc2)cc(Br)c1O. The number of hydrogen-bond acceptors (Lipinski definition) is 5. The maximum Gasteiger partial charge on any atom is 0.259 e. The van der Waals surface area contributed by atoms with E-state index in [1.54, 1.807) is 12.1 Å². The zero-order valence-corrected chi connectivity index (χ0v) is 16.5. The quantitative estimate of drug-likeness (QED) is 0.321. The van der Waals surface area contributed by atoms with Gasteiger partial charge in [-0.05, 0) is 80.5 Å². The third kappa shape index (κ3) is 5.38. The summed E-state index contributed by atoms with van der Waals surface area (Å²) in [7, 11) is 1.46. The van der Waals surface area contributed by atoms with Crippen molar-refractivity contribution in [2.24, 2.45) is 5.10 Å². The number of hydrazone groups is 1. The molecule has 0 saturated carbocycles. The Labute approximate surface area is 161 Å². The van der Waals surface area contributed by atoms with Gasteiger partial charge in [0.15, 0.2) is 11.5 Å². The van der Waals surface area contributed by atoms with Crippen LogP contribution in [0.4, 0.5) is 5.69 Å². The molecule has 0 heterocycles. The highest BCUT2D eigenvalue weighted by molar-refractivity contribution is 14.1. The van der Waals surface area contributed by atoms with Gasteiger partial charge in [-0.3, -0.25) is 4.79 Å². The van der Waals surface area contributed by atoms with Gasteiger partial charge in [0.25, 0.3) is 5.91 Å². The van der Waals surface area contributed by atoms with Crippen molar-refractivity contribution in [3.8, 4) is 11.5 Å². The molecule has 0 aromatic heterocycles. The summed E-state index contributed by atoms with van der Waals surface area (Å²) in [5.41, 5.74) is 3.96. The van der Waals surface area contributed by atoms with Gasteiger partial charge in [-0.25, -0.2) is 5.43 Å². The van der Waals surface area contributed by atoms with E-state index < -0.39 is 0 Å². The third-order valence-electron chi connectivity index (χ3n) is 2.97. The van der Waals surface area contributed by atoms with Crippen molar-refractivity contribution in [1.29, 1.82) is 0 Å². The molecule has 0 bridgehead atoms. The van der Waals surface area contributed by atoms with E-state index in [9.17, 15) is 9.90 Å². The van der Waals surface area contributed by atoms with Crippen LogP contribution in [0.2, 0.25) is 0 Å². The summed E-state index contributed by atoms with van der Waals surface area (Å²) in [6.45, 7) is 0.112. The van der Waals surface area contributed by atoms with E-state index >= 15 is 0 Å². The molecular weight excluding hydrogens is 489 g/mol. The molecule has 0 aliphatic heterocycles. The fourth-order valence-electron chi connectivity index (χ4n) is 1.79. The number of methoxy groups -OCH3 is 1. The molecule has 2 aromatic rings. The van der Waals surface area contributed by atoms with Gasteiger partial charge in [0, 0.05) is 9.26 Å². The maximum absolute atomic E-state index is 11.8. The van der Waals surface area contributed by atoms with E-state index in [2.05, 4.69) is 54.4 Å². The van der Waals surface area contributed by atoms with Crippen molar-refractivity contribution in [3.05, 3.63) is 50.0 Å². The number of nitrogens with one attached hydrogen (secondary N) is 2. The summed E-state index contributed by atoms with van der Waals surface area (Å²) in [6.07, 6.45) is 1.47. The number of rotatable bonds is 6. The predicted molar refractivity (Wildman–Crippen MR) is 106 cm³/mol. The third-order valence-corrected chi connectivity index (χ3v) is 4.29. The van der Waals surface area contributed by atoms with E-state index in [-0.39, 0.29) is 18.2 Å². The Morgan fingerprint density at radius 1 is 1.38 bits per heavy atom. The summed E-state index contributed by atoms with van der Waals surface area (Å²) >= 11 is 5.44. The molecular formula is C16H15BrIN3O3. The lowest BCUT2D eigenvalue weighted by Crippen LogP contribution is -2.25. The van der Waals surface area contributed by atoms with Gasteiger partial charge >= 0.3 is 0 Å². The minimum absolute atomic E-state index is 0.0143. The topological polar surface area (TPSA) is 83.0 Å². The number of anilines is 1. The highest BCUT2D eigenvalue weighted by Gasteiger charge is 2.07. The van der Waals surface area contributed by atoms with E-state index in [0.29, 0.717) is 15.8 Å². The van der Waals surface area contributed by atoms with E-state index in [4.69, 9.17) is 4.74 Å². The minimum Gasteiger partial charge on any atom is -0.503 e. The standard InChI is InChI=1S/C16H15BrIN3O3/c1-24-14-7-10(6-13(17)16(14)23)8-20-21-15(22)9-19-12-4-2-11(18)3-5-12/h2-8,19,23H,9H2,1H3,(H,21,22)/b20-8-. The van der Waals surface area contributed by atoms with Crippen LogP contribution < -0.4 is 15.5 Å². The zero-order valence-electron chi connectivity index (χ0n) is 12.7. The molecule has 0 aliphatic rings. The average molecular weight is 504 g/mol. The van der Waals surface area contributed by atoms with Crippen LogP contribution in [-0.2, 0) is 4.79 Å². The number of aromatic hydroxyl groups is 1. The molecule has 0 spiro atoms. The van der Waals surface area contributed by atoms with Gasteiger partial charge in [-0.1, -0.05) is 0 Å². The van der Waals surface area contributed by atoms with Crippen LogP contribution in [0, 0.1) is 3.57 Å². The smallest absolute Gasteiger partial charge is 0.259 e. The molecule has 0 aliphatic carbocycles. The molecule has 1 amide bonds. The summed E-state index contributed by atoms with van der Waals surface area (Å²) in [5, 5.41) is 16.6. The Kier molecular flexibility index (Phi) is 6.85. The summed E-state index contributed by atoms with van der Waals surface area (Å²) in [6, 6.07) is 11.0. The number of hydrogen-bond donors (Lipinski definition) is 3. The van der Waals surface area contributed by atoms with Crippen molar-refractivity contribution in [1.82, 2.24) is 5.43 Å². The molecule has 6 nitrogen and oxygen atoms in total. The number of phenols is 1. The fourth-order valence-corrected chi connectivity index (χ4v) is 2.61. The maximum atomic E-state index is 11.8. The number of nitrogens with zero attached hydrogens (tertiary/aromatic N) is 1. The lowest BCUT2D eigenvalue weighted by Gasteiger charge is -2.07. The molecule has 0 saturated heterocycles. The van der Waals surface area contributed by atoms with Crippen LogP contribution in [0.15, 0.2) is 46.0 Å². The molecule has 2 rings (SSSR count). The Morgan fingerprint density at radius 2 is 2.08 bits per heavy atom. The predicted octanol–water partition coefficient (Wildman–Crippen LogP) is 3.33. The number of carbonyl (C=O) groups excluding carboxylic acids is 1. The Bertz CT molecular complexity index is 751. The van der Waals surface area contributed by atoms with Crippen LogP contribution in [-0.4, -0.2) is 30.9 Å². The lowest BCUT2D eigenvalue weighted by molar-refractivity contribution is -0.119. The molecule has 0 radical (unpaired) electrons. The van der Waals surface area contributed by atoms with Crippen LogP contribution in [0.3, 0.4) is 0 Å². The summed E-state index contributed by atoms with van der Waals surface area (Å²) in [4.78, 5) is 11.8. The van der Waals surface area contributed by atoms with E-state index in [1.165, 1.54) is 13.3 Å². The van der Waals surface area contributed by atoms with Crippen molar-refractivity contribution in [2.45, 2.75) is 0 Å². The Hall–Kier alpha value is -1.81. The lowest BCUT2D eigenvalue weighted by atomic mass is 10.2. The number of phenolic OH excluding ortho intramolecular Hbond substituents is 1. The van der Waals surface area contributed by atoms with Crippen molar-refractivity contribution < 1.29 is 14.6 Å². The first-order chi connectivity index (χ1) is 11.5. The van der Waals surface area contributed by atoms with Crippen LogP contribution >= 0.6 is 38.5 Å². The second-order valence-electron chi connectivity index (χ2n) is 4.71. The Morgan fingerprint density at radius 3 is 2.75 bits per heavy atom. The normalized spacial score (nSPS) is 10.6. The largest absolute Gasteiger partial charge is 0.503 e. The van der Waals surface area contributed by atoms with E-state index in [0.717, 1.165) is 9.26 Å². The van der Waals surface area contributed by atoms with Crippen LogP contribution in [0.1, 0.15) is 5.56 Å². The molecule has 3 N–H and O–H groups in total. The van der Waals surface area contributed by atoms with Crippen molar-refractivity contribution in [2.75, 3.05) is 19.0 Å².